The van der Waals surface area contributed by atoms with Crippen LogP contribution in [-0.4, -0.2) is 33.7 Å². The molecule has 3 aromatic rings. The van der Waals surface area contributed by atoms with Gasteiger partial charge in [-0.15, -0.1) is 0 Å². The number of anilines is 1. The minimum Gasteiger partial charge on any atom is -0.492 e. The van der Waals surface area contributed by atoms with Crippen LogP contribution in [0.15, 0.2) is 72.8 Å². The van der Waals surface area contributed by atoms with E-state index in [2.05, 4.69) is 5.32 Å². The molecule has 0 heterocycles. The average molecular weight is 477 g/mol. The van der Waals surface area contributed by atoms with Crippen LogP contribution in [0.5, 0.6) is 5.75 Å². The Hall–Kier alpha value is -3.10. The largest absolute Gasteiger partial charge is 0.492 e. The van der Waals surface area contributed by atoms with E-state index in [4.69, 9.17) is 16.3 Å². The number of benzene rings is 3. The molecule has 0 aliphatic heterocycles. The molecule has 32 heavy (non-hydrogen) atoms. The summed E-state index contributed by atoms with van der Waals surface area (Å²) in [6, 6.07) is 19.0. The Bertz CT molecular complexity index is 1170. The zero-order valence-corrected chi connectivity index (χ0v) is 18.9. The Kier molecular flexibility index (Phi) is 7.71. The van der Waals surface area contributed by atoms with E-state index < -0.39 is 15.8 Å². The highest BCUT2D eigenvalue weighted by Gasteiger charge is 2.21. The Morgan fingerprint density at radius 3 is 2.31 bits per heavy atom. The standard InChI is InChI=1S/C23H22ClFN2O4S/c1-32(29,30)27(22-5-3-2-4-21(22)25)16-17-6-8-18(9-7-17)23(28)26-14-15-31-20-12-10-19(24)11-13-20/h2-13H,14-16H2,1H3,(H,26,28). The number of carbonyl (C=O) groups is 1. The van der Waals surface area contributed by atoms with Gasteiger partial charge in [0.25, 0.3) is 5.91 Å². The lowest BCUT2D eigenvalue weighted by atomic mass is 10.1. The van der Waals surface area contributed by atoms with Crippen molar-refractivity contribution in [3.8, 4) is 5.75 Å². The van der Waals surface area contributed by atoms with Gasteiger partial charge in [-0.2, -0.15) is 0 Å². The highest BCUT2D eigenvalue weighted by molar-refractivity contribution is 7.92. The van der Waals surface area contributed by atoms with Gasteiger partial charge < -0.3 is 10.1 Å². The Labute approximate surface area is 191 Å². The van der Waals surface area contributed by atoms with Crippen molar-refractivity contribution in [1.29, 1.82) is 0 Å². The first-order valence-electron chi connectivity index (χ1n) is 9.72. The Morgan fingerprint density at radius 2 is 1.69 bits per heavy atom. The van der Waals surface area contributed by atoms with Crippen molar-refractivity contribution < 1.29 is 22.3 Å². The highest BCUT2D eigenvalue weighted by atomic mass is 35.5. The number of nitrogens with one attached hydrogen (secondary N) is 1. The minimum absolute atomic E-state index is 0.0301. The third kappa shape index (κ3) is 6.45. The smallest absolute Gasteiger partial charge is 0.251 e. The van der Waals surface area contributed by atoms with Crippen LogP contribution < -0.4 is 14.4 Å². The second-order valence-electron chi connectivity index (χ2n) is 6.98. The van der Waals surface area contributed by atoms with Crippen LogP contribution in [0.3, 0.4) is 0 Å². The van der Waals surface area contributed by atoms with Crippen molar-refractivity contribution in [1.82, 2.24) is 5.32 Å². The van der Waals surface area contributed by atoms with Crippen LogP contribution in [0.4, 0.5) is 10.1 Å². The van der Waals surface area contributed by atoms with Crippen LogP contribution >= 0.6 is 11.6 Å². The van der Waals surface area contributed by atoms with Gasteiger partial charge in [-0.1, -0.05) is 35.9 Å². The molecule has 0 spiro atoms. The number of nitrogens with zero attached hydrogens (tertiary/aromatic N) is 1. The SMILES string of the molecule is CS(=O)(=O)N(Cc1ccc(C(=O)NCCOc2ccc(Cl)cc2)cc1)c1ccccc1F. The lowest BCUT2D eigenvalue weighted by Gasteiger charge is -2.23. The number of rotatable bonds is 9. The molecule has 6 nitrogen and oxygen atoms in total. The molecule has 0 unspecified atom stereocenters. The third-order valence-corrected chi connectivity index (χ3v) is 5.91. The molecule has 3 aromatic carbocycles. The topological polar surface area (TPSA) is 75.7 Å². The van der Waals surface area contributed by atoms with Gasteiger partial charge in [0.1, 0.15) is 18.2 Å². The van der Waals surface area contributed by atoms with E-state index in [0.717, 1.165) is 10.6 Å². The summed E-state index contributed by atoms with van der Waals surface area (Å²) < 4.78 is 45.1. The number of ether oxygens (including phenoxy) is 1. The second kappa shape index (κ2) is 10.5. The molecule has 0 aliphatic rings. The van der Waals surface area contributed by atoms with Crippen LogP contribution in [0, 0.1) is 5.82 Å². The van der Waals surface area contributed by atoms with E-state index in [-0.39, 0.29) is 24.7 Å². The molecule has 0 saturated carbocycles. The summed E-state index contributed by atoms with van der Waals surface area (Å²) in [5.74, 6) is -0.265. The molecule has 0 fully saturated rings. The Balaban J connectivity index is 1.58. The molecule has 168 valence electrons. The fourth-order valence-electron chi connectivity index (χ4n) is 2.93. The molecule has 0 bridgehead atoms. The monoisotopic (exact) mass is 476 g/mol. The van der Waals surface area contributed by atoms with Crippen molar-refractivity contribution in [2.45, 2.75) is 6.54 Å². The number of carbonyl (C=O) groups excluding carboxylic acids is 1. The van der Waals surface area contributed by atoms with Crippen molar-refractivity contribution in [2.75, 3.05) is 23.7 Å². The normalized spacial score (nSPS) is 11.1. The first-order valence-corrected chi connectivity index (χ1v) is 11.9. The van der Waals surface area contributed by atoms with Crippen molar-refractivity contribution in [2.24, 2.45) is 0 Å². The number of halogens is 2. The average Bonchev–Trinajstić information content (AvgIpc) is 2.76. The maximum Gasteiger partial charge on any atom is 0.251 e. The lowest BCUT2D eigenvalue weighted by molar-refractivity contribution is 0.0947. The van der Waals surface area contributed by atoms with Gasteiger partial charge in [0.05, 0.1) is 25.0 Å². The molecule has 3 rings (SSSR count). The number of hydrogen-bond donors (Lipinski definition) is 1. The van der Waals surface area contributed by atoms with E-state index in [1.807, 2.05) is 0 Å². The van der Waals surface area contributed by atoms with Crippen molar-refractivity contribution in [3.63, 3.8) is 0 Å². The van der Waals surface area contributed by atoms with Crippen LogP contribution in [0.25, 0.3) is 0 Å². The Morgan fingerprint density at radius 1 is 1.03 bits per heavy atom. The number of para-hydroxylation sites is 1. The fourth-order valence-corrected chi connectivity index (χ4v) is 3.94. The van der Waals surface area contributed by atoms with E-state index in [9.17, 15) is 17.6 Å². The van der Waals surface area contributed by atoms with Gasteiger partial charge in [-0.3, -0.25) is 9.10 Å². The zero-order valence-electron chi connectivity index (χ0n) is 17.3. The summed E-state index contributed by atoms with van der Waals surface area (Å²) in [5, 5.41) is 3.37. The van der Waals surface area contributed by atoms with Gasteiger partial charge in [0, 0.05) is 10.6 Å². The predicted octanol–water partition coefficient (Wildman–Crippen LogP) is 4.25. The van der Waals surface area contributed by atoms with Gasteiger partial charge in [-0.25, -0.2) is 12.8 Å². The van der Waals surface area contributed by atoms with E-state index in [1.54, 1.807) is 54.6 Å². The lowest BCUT2D eigenvalue weighted by Crippen LogP contribution is -2.30. The minimum atomic E-state index is -3.71. The molecular weight excluding hydrogens is 455 g/mol. The van der Waals surface area contributed by atoms with Gasteiger partial charge >= 0.3 is 0 Å². The van der Waals surface area contributed by atoms with E-state index >= 15 is 0 Å². The molecule has 1 N–H and O–H groups in total. The van der Waals surface area contributed by atoms with Crippen LogP contribution in [0.2, 0.25) is 5.02 Å². The summed E-state index contributed by atoms with van der Waals surface area (Å²) in [6.07, 6.45) is 1.02. The molecule has 0 aromatic heterocycles. The summed E-state index contributed by atoms with van der Waals surface area (Å²) in [7, 11) is -3.71. The summed E-state index contributed by atoms with van der Waals surface area (Å²) >= 11 is 5.82. The maximum absolute atomic E-state index is 14.1. The molecule has 0 atom stereocenters. The number of hydrogen-bond acceptors (Lipinski definition) is 4. The molecule has 0 radical (unpaired) electrons. The summed E-state index contributed by atoms with van der Waals surface area (Å²) in [6.45, 7) is 0.534. The predicted molar refractivity (Wildman–Crippen MR) is 123 cm³/mol. The zero-order chi connectivity index (χ0) is 23.1. The quantitative estimate of drug-likeness (QED) is 0.468. The fraction of sp³-hybridized carbons (Fsp3) is 0.174. The van der Waals surface area contributed by atoms with Gasteiger partial charge in [0.2, 0.25) is 10.0 Å². The third-order valence-electron chi connectivity index (χ3n) is 4.53. The number of amides is 1. The molecule has 0 saturated heterocycles. The van der Waals surface area contributed by atoms with E-state index in [0.29, 0.717) is 28.4 Å². The van der Waals surface area contributed by atoms with E-state index in [1.165, 1.54) is 18.2 Å². The van der Waals surface area contributed by atoms with Crippen molar-refractivity contribution >= 4 is 33.2 Å². The van der Waals surface area contributed by atoms with Crippen LogP contribution in [0.1, 0.15) is 15.9 Å². The molecule has 9 heteroatoms. The molecule has 0 aliphatic carbocycles. The number of sulfonamides is 1. The first kappa shape index (κ1) is 23.6. The first-order chi connectivity index (χ1) is 15.2. The summed E-state index contributed by atoms with van der Waals surface area (Å²) in [5.41, 5.74) is 0.996. The maximum atomic E-state index is 14.1. The molecular formula is C23H22ClFN2O4S. The highest BCUT2D eigenvalue weighted by Crippen LogP contribution is 2.24. The molecule has 1 amide bonds. The van der Waals surface area contributed by atoms with Crippen molar-refractivity contribution in [3.05, 3.63) is 94.8 Å². The second-order valence-corrected chi connectivity index (χ2v) is 9.32. The summed E-state index contributed by atoms with van der Waals surface area (Å²) in [4.78, 5) is 12.3. The van der Waals surface area contributed by atoms with Crippen LogP contribution in [-0.2, 0) is 16.6 Å². The van der Waals surface area contributed by atoms with Gasteiger partial charge in [0.15, 0.2) is 0 Å². The van der Waals surface area contributed by atoms with Gasteiger partial charge in [-0.05, 0) is 54.1 Å².